The van der Waals surface area contributed by atoms with Gasteiger partial charge in [-0.25, -0.2) is 0 Å². The Bertz CT molecular complexity index is 382. The van der Waals surface area contributed by atoms with Gasteiger partial charge in [0.2, 0.25) is 5.91 Å². The third kappa shape index (κ3) is 3.83. The summed E-state index contributed by atoms with van der Waals surface area (Å²) in [6.07, 6.45) is -0.414. The van der Waals surface area contributed by atoms with Crippen molar-refractivity contribution in [2.45, 2.75) is 39.4 Å². The van der Waals surface area contributed by atoms with Gasteiger partial charge in [0.05, 0.1) is 18.3 Å². The van der Waals surface area contributed by atoms with E-state index in [2.05, 4.69) is 5.16 Å². The molecule has 0 spiro atoms. The minimum Gasteiger partial charge on any atom is -0.409 e. The lowest BCUT2D eigenvalue weighted by molar-refractivity contribution is -0.169. The molecule has 0 bridgehead atoms. The number of rotatable bonds is 4. The Morgan fingerprint density at radius 2 is 2.15 bits per heavy atom. The Labute approximate surface area is 119 Å². The van der Waals surface area contributed by atoms with Crippen LogP contribution in [-0.2, 0) is 9.53 Å². The lowest BCUT2D eigenvalue weighted by Crippen LogP contribution is -2.58. The molecule has 7 heteroatoms. The third-order valence-electron chi connectivity index (χ3n) is 3.36. The van der Waals surface area contributed by atoms with E-state index in [9.17, 15) is 9.90 Å². The van der Waals surface area contributed by atoms with Crippen LogP contribution in [0.4, 0.5) is 0 Å². The minimum absolute atomic E-state index is 0.0862. The summed E-state index contributed by atoms with van der Waals surface area (Å²) in [5.41, 5.74) is 5.10. The molecule has 20 heavy (non-hydrogen) atoms. The Morgan fingerprint density at radius 1 is 1.55 bits per heavy atom. The normalized spacial score (nSPS) is 24.8. The first-order valence-corrected chi connectivity index (χ1v) is 6.76. The van der Waals surface area contributed by atoms with Crippen molar-refractivity contribution in [3.05, 3.63) is 0 Å². The molecule has 0 saturated carbocycles. The Hall–Kier alpha value is -1.34. The van der Waals surface area contributed by atoms with Crippen molar-refractivity contribution < 1.29 is 19.8 Å². The molecular weight excluding hydrogens is 262 g/mol. The predicted molar refractivity (Wildman–Crippen MR) is 74.4 cm³/mol. The van der Waals surface area contributed by atoms with Crippen LogP contribution in [-0.4, -0.2) is 58.4 Å². The highest BCUT2D eigenvalue weighted by atomic mass is 16.5. The molecule has 116 valence electrons. The average Bonchev–Trinajstić information content (AvgIpc) is 2.36. The minimum atomic E-state index is -0.673. The van der Waals surface area contributed by atoms with Crippen molar-refractivity contribution in [1.29, 1.82) is 0 Å². The Morgan fingerprint density at radius 3 is 2.60 bits per heavy atom. The molecule has 7 nitrogen and oxygen atoms in total. The lowest BCUT2D eigenvalue weighted by atomic mass is 9.92. The number of amides is 1. The molecule has 1 amide bonds. The van der Waals surface area contributed by atoms with Crippen LogP contribution in [0.2, 0.25) is 0 Å². The predicted octanol–water partition coefficient (Wildman–Crippen LogP) is 0.00330. The van der Waals surface area contributed by atoms with Crippen molar-refractivity contribution in [2.75, 3.05) is 19.7 Å². The van der Waals surface area contributed by atoms with E-state index in [4.69, 9.17) is 15.7 Å². The first-order chi connectivity index (χ1) is 9.21. The van der Waals surface area contributed by atoms with Crippen LogP contribution in [0.5, 0.6) is 0 Å². The molecule has 0 aromatic heterocycles. The summed E-state index contributed by atoms with van der Waals surface area (Å²) in [7, 11) is 0. The van der Waals surface area contributed by atoms with Gasteiger partial charge in [0.25, 0.3) is 0 Å². The van der Waals surface area contributed by atoms with E-state index in [-0.39, 0.29) is 24.3 Å². The molecule has 1 heterocycles. The first-order valence-electron chi connectivity index (χ1n) is 6.76. The standard InChI is InChI=1S/C13H25N3O4/c1-8(2)10(11(14)15-19)12(18)16-5-9(6-17)20-13(3,4)7-16/h8-10,17,19H,5-7H2,1-4H3,(H2,14,15). The van der Waals surface area contributed by atoms with Crippen LogP contribution in [0.15, 0.2) is 5.16 Å². The highest BCUT2D eigenvalue weighted by Crippen LogP contribution is 2.24. The summed E-state index contributed by atoms with van der Waals surface area (Å²) in [4.78, 5) is 14.2. The van der Waals surface area contributed by atoms with Crippen molar-refractivity contribution >= 4 is 11.7 Å². The first kappa shape index (κ1) is 16.7. The van der Waals surface area contributed by atoms with Crippen LogP contribution in [0.1, 0.15) is 27.7 Å². The molecule has 1 aliphatic rings. The molecule has 2 unspecified atom stereocenters. The van der Waals surface area contributed by atoms with E-state index in [0.29, 0.717) is 13.1 Å². The van der Waals surface area contributed by atoms with Gasteiger partial charge in [-0.2, -0.15) is 0 Å². The number of ether oxygens (including phenoxy) is 1. The number of nitrogens with two attached hydrogens (primary N) is 1. The number of aliphatic hydroxyl groups is 1. The fourth-order valence-electron chi connectivity index (χ4n) is 2.57. The van der Waals surface area contributed by atoms with Gasteiger partial charge in [0, 0.05) is 13.1 Å². The van der Waals surface area contributed by atoms with Gasteiger partial charge in [0.1, 0.15) is 5.92 Å². The number of hydrogen-bond donors (Lipinski definition) is 3. The summed E-state index contributed by atoms with van der Waals surface area (Å²) < 4.78 is 5.68. The number of nitrogens with zero attached hydrogens (tertiary/aromatic N) is 2. The smallest absolute Gasteiger partial charge is 0.233 e. The molecule has 2 atom stereocenters. The molecular formula is C13H25N3O4. The molecule has 0 aliphatic carbocycles. The molecule has 4 N–H and O–H groups in total. The number of carbonyl (C=O) groups excluding carboxylic acids is 1. The monoisotopic (exact) mass is 287 g/mol. The van der Waals surface area contributed by atoms with Crippen LogP contribution in [0.25, 0.3) is 0 Å². The summed E-state index contributed by atoms with van der Waals surface area (Å²) in [5.74, 6) is -1.05. The van der Waals surface area contributed by atoms with Gasteiger partial charge in [-0.3, -0.25) is 4.79 Å². The second kappa shape index (κ2) is 6.41. The second-order valence-corrected chi connectivity index (χ2v) is 6.15. The SMILES string of the molecule is CC(C)C(C(=O)N1CC(CO)OC(C)(C)C1)C(N)=NO. The van der Waals surface area contributed by atoms with Gasteiger partial charge >= 0.3 is 0 Å². The maximum absolute atomic E-state index is 12.6. The van der Waals surface area contributed by atoms with E-state index < -0.39 is 17.6 Å². The number of morpholine rings is 1. The van der Waals surface area contributed by atoms with Gasteiger partial charge in [-0.05, 0) is 19.8 Å². The molecule has 0 aromatic rings. The Balaban J connectivity index is 2.93. The summed E-state index contributed by atoms with van der Waals surface area (Å²) >= 11 is 0. The summed E-state index contributed by atoms with van der Waals surface area (Å²) in [6.45, 7) is 7.98. The molecule has 0 aromatic carbocycles. The highest BCUT2D eigenvalue weighted by molar-refractivity contribution is 6.02. The van der Waals surface area contributed by atoms with Gasteiger partial charge in [-0.15, -0.1) is 0 Å². The fourth-order valence-corrected chi connectivity index (χ4v) is 2.57. The fraction of sp³-hybridized carbons (Fsp3) is 0.846. The van der Waals surface area contributed by atoms with E-state index in [1.165, 1.54) is 0 Å². The van der Waals surface area contributed by atoms with Gasteiger partial charge in [-0.1, -0.05) is 19.0 Å². The van der Waals surface area contributed by atoms with Crippen LogP contribution in [0.3, 0.4) is 0 Å². The van der Waals surface area contributed by atoms with E-state index in [1.807, 2.05) is 27.7 Å². The second-order valence-electron chi connectivity index (χ2n) is 6.15. The summed E-state index contributed by atoms with van der Waals surface area (Å²) in [5, 5.41) is 21.1. The maximum Gasteiger partial charge on any atom is 0.233 e. The largest absolute Gasteiger partial charge is 0.409 e. The molecule has 1 rings (SSSR count). The van der Waals surface area contributed by atoms with E-state index in [1.54, 1.807) is 4.90 Å². The number of oxime groups is 1. The number of hydrogen-bond acceptors (Lipinski definition) is 5. The van der Waals surface area contributed by atoms with Crippen molar-refractivity contribution in [1.82, 2.24) is 4.90 Å². The van der Waals surface area contributed by atoms with Gasteiger partial charge in [0.15, 0.2) is 5.84 Å². The zero-order valence-electron chi connectivity index (χ0n) is 12.5. The van der Waals surface area contributed by atoms with Crippen LogP contribution >= 0.6 is 0 Å². The third-order valence-corrected chi connectivity index (χ3v) is 3.36. The zero-order chi connectivity index (χ0) is 15.5. The van der Waals surface area contributed by atoms with E-state index >= 15 is 0 Å². The lowest BCUT2D eigenvalue weighted by Gasteiger charge is -2.43. The number of aliphatic hydroxyl groups excluding tert-OH is 1. The van der Waals surface area contributed by atoms with Crippen molar-refractivity contribution in [2.24, 2.45) is 22.7 Å². The molecule has 0 radical (unpaired) electrons. The Kier molecular flexibility index (Phi) is 5.35. The molecule has 1 aliphatic heterocycles. The van der Waals surface area contributed by atoms with E-state index in [0.717, 1.165) is 0 Å². The average molecular weight is 287 g/mol. The summed E-state index contributed by atoms with van der Waals surface area (Å²) in [6, 6.07) is 0. The van der Waals surface area contributed by atoms with Crippen LogP contribution in [0, 0.1) is 11.8 Å². The van der Waals surface area contributed by atoms with Crippen molar-refractivity contribution in [3.8, 4) is 0 Å². The quantitative estimate of drug-likeness (QED) is 0.292. The van der Waals surface area contributed by atoms with Gasteiger partial charge < -0.3 is 25.7 Å². The molecule has 1 fully saturated rings. The van der Waals surface area contributed by atoms with Crippen LogP contribution < -0.4 is 5.73 Å². The maximum atomic E-state index is 12.6. The molecule has 1 saturated heterocycles. The zero-order valence-corrected chi connectivity index (χ0v) is 12.5. The van der Waals surface area contributed by atoms with Crippen molar-refractivity contribution in [3.63, 3.8) is 0 Å². The highest BCUT2D eigenvalue weighted by Gasteiger charge is 2.39. The number of amidine groups is 1. The topological polar surface area (TPSA) is 108 Å². The number of carbonyl (C=O) groups is 1.